The van der Waals surface area contributed by atoms with E-state index in [0.29, 0.717) is 12.4 Å². The summed E-state index contributed by atoms with van der Waals surface area (Å²) >= 11 is 0. The SMILES string of the molecule is COc1cc(OCC(=O)N[C@@H](C)COc2ccccc2C)ccc1[N+](=O)[O-]. The normalized spacial score (nSPS) is 11.4. The van der Waals surface area contributed by atoms with Crippen molar-refractivity contribution in [3.05, 3.63) is 58.1 Å². The van der Waals surface area contributed by atoms with Crippen molar-refractivity contribution in [2.45, 2.75) is 19.9 Å². The van der Waals surface area contributed by atoms with Gasteiger partial charge in [-0.1, -0.05) is 18.2 Å². The lowest BCUT2D eigenvalue weighted by molar-refractivity contribution is -0.385. The summed E-state index contributed by atoms with van der Waals surface area (Å²) in [6, 6.07) is 11.5. The van der Waals surface area contributed by atoms with Crippen LogP contribution >= 0.6 is 0 Å². The van der Waals surface area contributed by atoms with Crippen molar-refractivity contribution in [2.75, 3.05) is 20.3 Å². The molecule has 0 aliphatic carbocycles. The number of benzene rings is 2. The van der Waals surface area contributed by atoms with Crippen LogP contribution in [0.25, 0.3) is 0 Å². The Hall–Kier alpha value is -3.29. The second kappa shape index (κ2) is 9.42. The number of aryl methyl sites for hydroxylation is 1. The van der Waals surface area contributed by atoms with Crippen molar-refractivity contribution in [1.29, 1.82) is 0 Å². The van der Waals surface area contributed by atoms with Gasteiger partial charge in [0.15, 0.2) is 6.61 Å². The molecule has 1 atom stereocenters. The number of carbonyl (C=O) groups is 1. The van der Waals surface area contributed by atoms with Crippen molar-refractivity contribution in [3.63, 3.8) is 0 Å². The highest BCUT2D eigenvalue weighted by Gasteiger charge is 2.16. The number of nitrogens with one attached hydrogen (secondary N) is 1. The molecule has 0 radical (unpaired) electrons. The molecule has 0 aromatic heterocycles. The second-order valence-electron chi connectivity index (χ2n) is 5.92. The summed E-state index contributed by atoms with van der Waals surface area (Å²) in [5, 5.41) is 13.6. The first-order chi connectivity index (χ1) is 12.9. The van der Waals surface area contributed by atoms with Crippen LogP contribution in [-0.2, 0) is 4.79 Å². The standard InChI is InChI=1S/C19H22N2O6/c1-13-6-4-5-7-17(13)27-11-14(2)20-19(22)12-26-15-8-9-16(21(23)24)18(10-15)25-3/h4-10,14H,11-12H2,1-3H3,(H,20,22)/t14-/m0/s1. The van der Waals surface area contributed by atoms with E-state index in [1.165, 1.54) is 25.3 Å². The molecule has 0 aliphatic rings. The van der Waals surface area contributed by atoms with Crippen LogP contribution in [0.15, 0.2) is 42.5 Å². The Bertz CT molecular complexity index is 809. The van der Waals surface area contributed by atoms with Crippen molar-refractivity contribution in [1.82, 2.24) is 5.32 Å². The number of nitrogens with zero attached hydrogens (tertiary/aromatic N) is 1. The van der Waals surface area contributed by atoms with E-state index in [4.69, 9.17) is 14.2 Å². The molecule has 0 aliphatic heterocycles. The van der Waals surface area contributed by atoms with Gasteiger partial charge in [-0.15, -0.1) is 0 Å². The first kappa shape index (κ1) is 20.0. The van der Waals surface area contributed by atoms with Crippen LogP contribution in [-0.4, -0.2) is 37.2 Å². The van der Waals surface area contributed by atoms with Crippen molar-refractivity contribution >= 4 is 11.6 Å². The van der Waals surface area contributed by atoms with Crippen LogP contribution in [0.2, 0.25) is 0 Å². The van der Waals surface area contributed by atoms with Crippen LogP contribution in [0.3, 0.4) is 0 Å². The number of hydrogen-bond acceptors (Lipinski definition) is 6. The molecule has 27 heavy (non-hydrogen) atoms. The number of para-hydroxylation sites is 1. The molecular weight excluding hydrogens is 352 g/mol. The van der Waals surface area contributed by atoms with Crippen LogP contribution in [0.5, 0.6) is 17.2 Å². The van der Waals surface area contributed by atoms with Gasteiger partial charge in [0, 0.05) is 12.1 Å². The number of nitro benzene ring substituents is 1. The van der Waals surface area contributed by atoms with Crippen molar-refractivity contribution in [2.24, 2.45) is 0 Å². The third-order valence-corrected chi connectivity index (χ3v) is 3.71. The monoisotopic (exact) mass is 374 g/mol. The topological polar surface area (TPSA) is 99.9 Å². The number of carbonyl (C=O) groups excluding carboxylic acids is 1. The van der Waals surface area contributed by atoms with Gasteiger partial charge < -0.3 is 19.5 Å². The Morgan fingerprint density at radius 2 is 1.93 bits per heavy atom. The molecule has 0 fully saturated rings. The molecule has 2 rings (SSSR count). The third-order valence-electron chi connectivity index (χ3n) is 3.71. The average molecular weight is 374 g/mol. The lowest BCUT2D eigenvalue weighted by Crippen LogP contribution is -2.39. The summed E-state index contributed by atoms with van der Waals surface area (Å²) in [7, 11) is 1.33. The summed E-state index contributed by atoms with van der Waals surface area (Å²) < 4.78 is 16.0. The Morgan fingerprint density at radius 3 is 2.59 bits per heavy atom. The molecule has 0 spiro atoms. The van der Waals surface area contributed by atoms with Gasteiger partial charge in [0.05, 0.1) is 18.1 Å². The highest BCUT2D eigenvalue weighted by molar-refractivity contribution is 5.77. The van der Waals surface area contributed by atoms with Crippen LogP contribution < -0.4 is 19.5 Å². The van der Waals surface area contributed by atoms with Gasteiger partial charge in [-0.2, -0.15) is 0 Å². The van der Waals surface area contributed by atoms with Gasteiger partial charge in [0.2, 0.25) is 5.75 Å². The summed E-state index contributed by atoms with van der Waals surface area (Å²) in [6.07, 6.45) is 0. The van der Waals surface area contributed by atoms with E-state index in [9.17, 15) is 14.9 Å². The summed E-state index contributed by atoms with van der Waals surface area (Å²) in [6.45, 7) is 3.87. The molecule has 2 aromatic rings. The largest absolute Gasteiger partial charge is 0.491 e. The lowest BCUT2D eigenvalue weighted by Gasteiger charge is -2.16. The van der Waals surface area contributed by atoms with Crippen LogP contribution in [0.1, 0.15) is 12.5 Å². The first-order valence-corrected chi connectivity index (χ1v) is 8.33. The van der Waals surface area contributed by atoms with Gasteiger partial charge in [-0.05, 0) is 31.5 Å². The minimum absolute atomic E-state index is 0.0675. The summed E-state index contributed by atoms with van der Waals surface area (Å²) in [5.74, 6) is 0.815. The maximum atomic E-state index is 12.0. The number of rotatable bonds is 9. The predicted octanol–water partition coefficient (Wildman–Crippen LogP) is 2.87. The molecule has 0 unspecified atom stereocenters. The molecule has 8 nitrogen and oxygen atoms in total. The fourth-order valence-corrected chi connectivity index (χ4v) is 2.34. The van der Waals surface area contributed by atoms with E-state index in [1.54, 1.807) is 0 Å². The van der Waals surface area contributed by atoms with Gasteiger partial charge in [-0.25, -0.2) is 0 Å². The quantitative estimate of drug-likeness (QED) is 0.535. The molecule has 1 N–H and O–H groups in total. The molecule has 0 saturated heterocycles. The Kier molecular flexibility index (Phi) is 6.99. The van der Waals surface area contributed by atoms with Crippen LogP contribution in [0.4, 0.5) is 5.69 Å². The lowest BCUT2D eigenvalue weighted by atomic mass is 10.2. The Balaban J connectivity index is 1.82. The molecule has 2 aromatic carbocycles. The van der Waals surface area contributed by atoms with Crippen LogP contribution in [0, 0.1) is 17.0 Å². The minimum Gasteiger partial charge on any atom is -0.491 e. The zero-order valence-electron chi connectivity index (χ0n) is 15.4. The van der Waals surface area contributed by atoms with Gasteiger partial charge in [0.1, 0.15) is 18.1 Å². The molecule has 0 saturated carbocycles. The molecule has 0 bridgehead atoms. The van der Waals surface area contributed by atoms with Gasteiger partial charge in [0.25, 0.3) is 5.91 Å². The van der Waals surface area contributed by atoms with E-state index >= 15 is 0 Å². The molecule has 0 heterocycles. The van der Waals surface area contributed by atoms with Gasteiger partial charge in [-0.3, -0.25) is 14.9 Å². The first-order valence-electron chi connectivity index (χ1n) is 8.33. The molecule has 8 heteroatoms. The highest BCUT2D eigenvalue weighted by Crippen LogP contribution is 2.30. The van der Waals surface area contributed by atoms with E-state index in [2.05, 4.69) is 5.32 Å². The summed E-state index contributed by atoms with van der Waals surface area (Å²) in [4.78, 5) is 22.3. The Labute approximate surface area is 157 Å². The number of amides is 1. The van der Waals surface area contributed by atoms with Crippen molar-refractivity contribution in [3.8, 4) is 17.2 Å². The number of nitro groups is 1. The highest BCUT2D eigenvalue weighted by atomic mass is 16.6. The van der Waals surface area contributed by atoms with Crippen molar-refractivity contribution < 1.29 is 23.9 Å². The zero-order chi connectivity index (χ0) is 19.8. The average Bonchev–Trinajstić information content (AvgIpc) is 2.65. The van der Waals surface area contributed by atoms with E-state index < -0.39 is 4.92 Å². The third kappa shape index (κ3) is 5.88. The molecule has 1 amide bonds. The number of hydrogen-bond donors (Lipinski definition) is 1. The maximum Gasteiger partial charge on any atom is 0.311 e. The van der Waals surface area contributed by atoms with E-state index in [0.717, 1.165) is 11.3 Å². The zero-order valence-corrected chi connectivity index (χ0v) is 15.4. The predicted molar refractivity (Wildman–Crippen MR) is 99.4 cm³/mol. The second-order valence-corrected chi connectivity index (χ2v) is 5.92. The van der Waals surface area contributed by atoms with Gasteiger partial charge >= 0.3 is 5.69 Å². The smallest absolute Gasteiger partial charge is 0.311 e. The van der Waals surface area contributed by atoms with E-state index in [1.807, 2.05) is 38.1 Å². The van der Waals surface area contributed by atoms with E-state index in [-0.39, 0.29) is 30.0 Å². The fourth-order valence-electron chi connectivity index (χ4n) is 2.34. The molecular formula is C19H22N2O6. The minimum atomic E-state index is -0.550. The maximum absolute atomic E-state index is 12.0. The summed E-state index contributed by atoms with van der Waals surface area (Å²) in [5.41, 5.74) is 0.850. The fraction of sp³-hybridized carbons (Fsp3) is 0.316. The number of ether oxygens (including phenoxy) is 3. The number of methoxy groups -OCH3 is 1. The molecule has 144 valence electrons. The Morgan fingerprint density at radius 1 is 1.19 bits per heavy atom.